The second-order valence-corrected chi connectivity index (χ2v) is 8.47. The van der Waals surface area contributed by atoms with Crippen LogP contribution < -0.4 is 0 Å². The third-order valence-corrected chi connectivity index (χ3v) is 6.34. The average molecular weight is 328 g/mol. The lowest BCUT2D eigenvalue weighted by Gasteiger charge is -2.34. The van der Waals surface area contributed by atoms with Gasteiger partial charge in [0, 0.05) is 38.8 Å². The molecule has 0 N–H and O–H groups in total. The molecule has 0 bridgehead atoms. The number of fused-ring (bicyclic) bond motifs is 1. The number of likely N-dealkylation sites (N-methyl/N-ethyl adjacent to an activating group) is 1. The molecule has 1 aromatic rings. The van der Waals surface area contributed by atoms with E-state index in [1.54, 1.807) is 22.1 Å². The lowest BCUT2D eigenvalue weighted by Crippen LogP contribution is -2.45. The summed E-state index contributed by atoms with van der Waals surface area (Å²) < 4.78 is 34.4. The monoisotopic (exact) mass is 328 g/mol. The Hall–Kier alpha value is -0.960. The van der Waals surface area contributed by atoms with Gasteiger partial charge in [0.1, 0.15) is 0 Å². The molecular weight excluding hydrogens is 304 g/mol. The highest BCUT2D eigenvalue weighted by atomic mass is 32.2. The number of hydrogen-bond acceptors (Lipinski definition) is 5. The van der Waals surface area contributed by atoms with E-state index >= 15 is 0 Å². The van der Waals surface area contributed by atoms with E-state index in [0.717, 1.165) is 13.0 Å². The van der Waals surface area contributed by atoms with Crippen LogP contribution in [0.3, 0.4) is 0 Å². The van der Waals surface area contributed by atoms with Gasteiger partial charge in [-0.25, -0.2) is 13.4 Å². The fraction of sp³-hybridized carbons (Fsp3) is 0.786. The summed E-state index contributed by atoms with van der Waals surface area (Å²) in [5, 5.41) is 0.136. The first-order valence-corrected chi connectivity index (χ1v) is 9.06. The van der Waals surface area contributed by atoms with E-state index in [9.17, 15) is 8.42 Å². The van der Waals surface area contributed by atoms with Crippen molar-refractivity contribution in [2.75, 3.05) is 40.3 Å². The number of imidazole rings is 1. The topological polar surface area (TPSA) is 67.7 Å². The maximum atomic E-state index is 12.6. The molecule has 2 aliphatic heterocycles. The lowest BCUT2D eigenvalue weighted by atomic mass is 9.85. The molecule has 0 radical (unpaired) electrons. The second kappa shape index (κ2) is 5.92. The maximum Gasteiger partial charge on any atom is 0.262 e. The highest BCUT2D eigenvalue weighted by molar-refractivity contribution is 7.89. The summed E-state index contributed by atoms with van der Waals surface area (Å²) >= 11 is 0. The number of rotatable bonds is 4. The van der Waals surface area contributed by atoms with Crippen LogP contribution in [0.2, 0.25) is 0 Å². The standard InChI is InChI=1S/C14H24N4O3S/c1-16(2)7-13-12-4-5-18(6-11(12)9-21-13)22(19,20)14-8-17(3)10-15-14/h8,10-13H,4-7,9H2,1-3H3/t11-,12-,13+/m0/s1. The molecule has 0 aromatic carbocycles. The minimum atomic E-state index is -3.48. The summed E-state index contributed by atoms with van der Waals surface area (Å²) in [5.74, 6) is 0.745. The van der Waals surface area contributed by atoms with Gasteiger partial charge in [0.25, 0.3) is 10.0 Å². The maximum absolute atomic E-state index is 12.6. The quantitative estimate of drug-likeness (QED) is 0.779. The molecule has 1 aromatic heterocycles. The number of nitrogens with zero attached hydrogens (tertiary/aromatic N) is 4. The van der Waals surface area contributed by atoms with E-state index in [0.29, 0.717) is 25.6 Å². The highest BCUT2D eigenvalue weighted by Gasteiger charge is 2.44. The molecule has 0 unspecified atom stereocenters. The zero-order valence-corrected chi connectivity index (χ0v) is 14.2. The van der Waals surface area contributed by atoms with Crippen LogP contribution in [0.4, 0.5) is 0 Å². The number of ether oxygens (including phenoxy) is 1. The first-order chi connectivity index (χ1) is 10.4. The molecule has 2 fully saturated rings. The predicted octanol–water partition coefficient (Wildman–Crippen LogP) is 0.00730. The van der Waals surface area contributed by atoms with Gasteiger partial charge in [-0.3, -0.25) is 0 Å². The van der Waals surface area contributed by atoms with E-state index in [4.69, 9.17) is 4.74 Å². The molecule has 0 amide bonds. The molecule has 8 heteroatoms. The molecule has 22 heavy (non-hydrogen) atoms. The Morgan fingerprint density at radius 3 is 2.86 bits per heavy atom. The summed E-state index contributed by atoms with van der Waals surface area (Å²) in [7, 11) is 2.37. The Morgan fingerprint density at radius 1 is 1.45 bits per heavy atom. The van der Waals surface area contributed by atoms with E-state index in [1.165, 1.54) is 6.33 Å². The third-order valence-electron chi connectivity index (χ3n) is 4.59. The summed E-state index contributed by atoms with van der Waals surface area (Å²) in [6.45, 7) is 2.63. The molecule has 0 saturated carbocycles. The molecule has 7 nitrogen and oxygen atoms in total. The first kappa shape index (κ1) is 15.9. The van der Waals surface area contributed by atoms with E-state index < -0.39 is 10.0 Å². The number of piperidine rings is 1. The second-order valence-electron chi connectivity index (χ2n) is 6.59. The van der Waals surface area contributed by atoms with Crippen LogP contribution in [0.15, 0.2) is 17.6 Å². The van der Waals surface area contributed by atoms with Crippen molar-refractivity contribution >= 4 is 10.0 Å². The number of sulfonamides is 1. The normalized spacial score (nSPS) is 29.9. The summed E-state index contributed by atoms with van der Waals surface area (Å²) in [6.07, 6.45) is 4.15. The number of hydrogen-bond donors (Lipinski definition) is 0. The van der Waals surface area contributed by atoms with Gasteiger partial charge in [-0.1, -0.05) is 0 Å². The largest absolute Gasteiger partial charge is 0.376 e. The molecular formula is C14H24N4O3S. The SMILES string of the molecule is CN(C)C[C@H]1OC[C@@H]2CN(S(=O)(=O)c3cn(C)cn3)CC[C@@H]21. The third kappa shape index (κ3) is 2.92. The number of aryl methyl sites for hydroxylation is 1. The van der Waals surface area contributed by atoms with Crippen LogP contribution in [0.5, 0.6) is 0 Å². The Balaban J connectivity index is 1.71. The fourth-order valence-electron chi connectivity index (χ4n) is 3.47. The van der Waals surface area contributed by atoms with Gasteiger partial charge in [-0.2, -0.15) is 4.31 Å². The van der Waals surface area contributed by atoms with Crippen LogP contribution in [0.25, 0.3) is 0 Å². The Bertz CT molecular complexity index is 628. The zero-order valence-electron chi connectivity index (χ0n) is 13.3. The van der Waals surface area contributed by atoms with Crippen molar-refractivity contribution in [1.29, 1.82) is 0 Å². The van der Waals surface area contributed by atoms with Crippen molar-refractivity contribution in [3.63, 3.8) is 0 Å². The minimum absolute atomic E-state index is 0.136. The molecule has 3 rings (SSSR count). The van der Waals surface area contributed by atoms with Crippen molar-refractivity contribution in [2.45, 2.75) is 17.6 Å². The van der Waals surface area contributed by atoms with Gasteiger partial charge in [-0.15, -0.1) is 0 Å². The van der Waals surface area contributed by atoms with Crippen LogP contribution >= 0.6 is 0 Å². The van der Waals surface area contributed by atoms with Crippen molar-refractivity contribution < 1.29 is 13.2 Å². The fourth-order valence-corrected chi connectivity index (χ4v) is 4.95. The lowest BCUT2D eigenvalue weighted by molar-refractivity contribution is 0.0653. The molecule has 3 heterocycles. The van der Waals surface area contributed by atoms with Crippen LogP contribution in [0, 0.1) is 11.8 Å². The van der Waals surface area contributed by atoms with Gasteiger partial charge < -0.3 is 14.2 Å². The molecule has 124 valence electrons. The van der Waals surface area contributed by atoms with Crippen LogP contribution in [-0.2, 0) is 21.8 Å². The zero-order chi connectivity index (χ0) is 15.9. The Labute approximate surface area is 131 Å². The molecule has 3 atom stereocenters. The van der Waals surface area contributed by atoms with Crippen LogP contribution in [0.1, 0.15) is 6.42 Å². The molecule has 2 saturated heterocycles. The Kier molecular flexibility index (Phi) is 4.28. The molecule has 0 spiro atoms. The van der Waals surface area contributed by atoms with Crippen molar-refractivity contribution in [1.82, 2.24) is 18.8 Å². The van der Waals surface area contributed by atoms with Crippen molar-refractivity contribution in [3.05, 3.63) is 12.5 Å². The van der Waals surface area contributed by atoms with Crippen molar-refractivity contribution in [2.24, 2.45) is 18.9 Å². The van der Waals surface area contributed by atoms with Crippen LogP contribution in [-0.4, -0.2) is 73.6 Å². The van der Waals surface area contributed by atoms with Gasteiger partial charge in [0.2, 0.25) is 0 Å². The highest BCUT2D eigenvalue weighted by Crippen LogP contribution is 2.36. The minimum Gasteiger partial charge on any atom is -0.376 e. The van der Waals surface area contributed by atoms with Crippen molar-refractivity contribution in [3.8, 4) is 0 Å². The Morgan fingerprint density at radius 2 is 2.23 bits per heavy atom. The average Bonchev–Trinajstić information content (AvgIpc) is 3.05. The summed E-state index contributed by atoms with van der Waals surface area (Å²) in [6, 6.07) is 0. The van der Waals surface area contributed by atoms with Gasteiger partial charge in [-0.05, 0) is 26.4 Å². The summed E-state index contributed by atoms with van der Waals surface area (Å²) in [5.41, 5.74) is 0. The summed E-state index contributed by atoms with van der Waals surface area (Å²) in [4.78, 5) is 6.13. The predicted molar refractivity (Wildman–Crippen MR) is 81.9 cm³/mol. The smallest absolute Gasteiger partial charge is 0.262 e. The van der Waals surface area contributed by atoms with E-state index in [2.05, 4.69) is 9.88 Å². The van der Waals surface area contributed by atoms with Gasteiger partial charge >= 0.3 is 0 Å². The van der Waals surface area contributed by atoms with Gasteiger partial charge in [0.15, 0.2) is 5.03 Å². The molecule has 0 aliphatic carbocycles. The number of aromatic nitrogens is 2. The first-order valence-electron chi connectivity index (χ1n) is 7.62. The van der Waals surface area contributed by atoms with E-state index in [1.807, 2.05) is 14.1 Å². The van der Waals surface area contributed by atoms with E-state index in [-0.39, 0.29) is 17.0 Å². The van der Waals surface area contributed by atoms with Gasteiger partial charge in [0.05, 0.1) is 19.0 Å². The molecule has 2 aliphatic rings.